The van der Waals surface area contributed by atoms with Gasteiger partial charge in [0.2, 0.25) is 5.91 Å². The van der Waals surface area contributed by atoms with E-state index in [1.54, 1.807) is 11.3 Å². The van der Waals surface area contributed by atoms with Crippen molar-refractivity contribution in [1.82, 2.24) is 15.1 Å². The van der Waals surface area contributed by atoms with Gasteiger partial charge in [0.1, 0.15) is 0 Å². The van der Waals surface area contributed by atoms with Gasteiger partial charge >= 0.3 is 6.03 Å². The molecular formula is C12H15N3O2S. The van der Waals surface area contributed by atoms with Crippen LogP contribution in [0.3, 0.4) is 0 Å². The van der Waals surface area contributed by atoms with Crippen molar-refractivity contribution in [3.63, 3.8) is 0 Å². The van der Waals surface area contributed by atoms with Crippen molar-refractivity contribution in [2.75, 3.05) is 26.2 Å². The van der Waals surface area contributed by atoms with Gasteiger partial charge in [0.15, 0.2) is 0 Å². The number of hydrogen-bond donors (Lipinski definition) is 1. The molecule has 0 spiro atoms. The molecule has 0 aliphatic carbocycles. The van der Waals surface area contributed by atoms with Crippen LogP contribution in [0.25, 0.3) is 0 Å². The Hall–Kier alpha value is -1.40. The number of fused-ring (bicyclic) bond motifs is 1. The van der Waals surface area contributed by atoms with Gasteiger partial charge in [-0.15, -0.1) is 11.3 Å². The summed E-state index contributed by atoms with van der Waals surface area (Å²) in [6.45, 7) is 3.12. The van der Waals surface area contributed by atoms with Gasteiger partial charge in [-0.3, -0.25) is 14.6 Å². The fourth-order valence-corrected chi connectivity index (χ4v) is 3.32. The van der Waals surface area contributed by atoms with Gasteiger partial charge in [0.05, 0.1) is 6.54 Å². The number of rotatable bonds is 2. The molecule has 0 aromatic carbocycles. The molecule has 2 aliphatic heterocycles. The topological polar surface area (TPSA) is 52.7 Å². The molecule has 1 N–H and O–H groups in total. The minimum atomic E-state index is -0.256. The molecule has 2 aliphatic rings. The monoisotopic (exact) mass is 265 g/mol. The number of nitrogens with zero attached hydrogens (tertiary/aromatic N) is 2. The Morgan fingerprint density at radius 3 is 3.11 bits per heavy atom. The smallest absolute Gasteiger partial charge is 0.324 e. The Kier molecular flexibility index (Phi) is 3.05. The maximum atomic E-state index is 12.0. The highest BCUT2D eigenvalue weighted by molar-refractivity contribution is 7.10. The summed E-state index contributed by atoms with van der Waals surface area (Å²) in [5, 5.41) is 4.75. The van der Waals surface area contributed by atoms with E-state index in [-0.39, 0.29) is 11.9 Å². The lowest BCUT2D eigenvalue weighted by Crippen LogP contribution is -2.43. The molecule has 1 aromatic rings. The number of nitrogens with one attached hydrogen (secondary N) is 1. The van der Waals surface area contributed by atoms with Gasteiger partial charge in [-0.1, -0.05) is 0 Å². The van der Waals surface area contributed by atoms with E-state index in [4.69, 9.17) is 0 Å². The second-order valence-corrected chi connectivity index (χ2v) is 5.61. The fraction of sp³-hybridized carbons (Fsp3) is 0.500. The number of amides is 3. The third-order valence-electron chi connectivity index (χ3n) is 3.40. The van der Waals surface area contributed by atoms with Crippen molar-refractivity contribution in [1.29, 1.82) is 0 Å². The molecule has 6 heteroatoms. The van der Waals surface area contributed by atoms with Gasteiger partial charge in [-0.05, 0) is 23.4 Å². The normalized spacial score (nSPS) is 19.8. The lowest BCUT2D eigenvalue weighted by atomic mass is 10.1. The molecule has 3 rings (SSSR count). The van der Waals surface area contributed by atoms with Crippen molar-refractivity contribution in [3.05, 3.63) is 21.9 Å². The predicted molar refractivity (Wildman–Crippen MR) is 68.4 cm³/mol. The quantitative estimate of drug-likeness (QED) is 0.854. The number of urea groups is 1. The SMILES string of the molecule is O=C(CN1CCc2sccc2C1)N1CCNC1=O. The number of thiophene rings is 1. The fourth-order valence-electron chi connectivity index (χ4n) is 2.43. The Morgan fingerprint density at radius 1 is 1.44 bits per heavy atom. The van der Waals surface area contributed by atoms with E-state index in [0.717, 1.165) is 19.5 Å². The first kappa shape index (κ1) is 11.7. The van der Waals surface area contributed by atoms with Crippen LogP contribution < -0.4 is 5.32 Å². The van der Waals surface area contributed by atoms with Gasteiger partial charge in [0.25, 0.3) is 0 Å². The van der Waals surface area contributed by atoms with E-state index in [1.165, 1.54) is 15.3 Å². The van der Waals surface area contributed by atoms with Crippen LogP contribution in [0.4, 0.5) is 4.79 Å². The molecule has 0 radical (unpaired) electrons. The summed E-state index contributed by atoms with van der Waals surface area (Å²) in [5.41, 5.74) is 1.32. The van der Waals surface area contributed by atoms with Crippen molar-refractivity contribution in [2.45, 2.75) is 13.0 Å². The molecular weight excluding hydrogens is 250 g/mol. The molecule has 18 heavy (non-hydrogen) atoms. The largest absolute Gasteiger partial charge is 0.336 e. The molecule has 0 atom stereocenters. The summed E-state index contributed by atoms with van der Waals surface area (Å²) in [6.07, 6.45) is 1.01. The van der Waals surface area contributed by atoms with Gasteiger partial charge in [-0.2, -0.15) is 0 Å². The Labute approximate surface area is 109 Å². The van der Waals surface area contributed by atoms with E-state index in [0.29, 0.717) is 19.6 Å². The van der Waals surface area contributed by atoms with Crippen molar-refractivity contribution in [3.8, 4) is 0 Å². The highest BCUT2D eigenvalue weighted by atomic mass is 32.1. The lowest BCUT2D eigenvalue weighted by Gasteiger charge is -2.27. The zero-order valence-electron chi connectivity index (χ0n) is 10.0. The summed E-state index contributed by atoms with van der Waals surface area (Å²) < 4.78 is 0. The van der Waals surface area contributed by atoms with Gasteiger partial charge < -0.3 is 5.32 Å². The summed E-state index contributed by atoms with van der Waals surface area (Å²) in [5.74, 6) is -0.0938. The third kappa shape index (κ3) is 2.13. The van der Waals surface area contributed by atoms with Crippen molar-refractivity contribution >= 4 is 23.3 Å². The van der Waals surface area contributed by atoms with Gasteiger partial charge in [0, 0.05) is 31.1 Å². The van der Waals surface area contributed by atoms with E-state index in [1.807, 2.05) is 0 Å². The number of imide groups is 1. The second-order valence-electron chi connectivity index (χ2n) is 4.61. The molecule has 96 valence electrons. The minimum absolute atomic E-state index is 0.0938. The molecule has 1 fully saturated rings. The van der Waals surface area contributed by atoms with E-state index < -0.39 is 0 Å². The van der Waals surface area contributed by atoms with Crippen LogP contribution in [0.2, 0.25) is 0 Å². The Morgan fingerprint density at radius 2 is 2.33 bits per heavy atom. The predicted octanol–water partition coefficient (Wildman–Crippen LogP) is 0.658. The lowest BCUT2D eigenvalue weighted by molar-refractivity contribution is -0.129. The Bertz CT molecular complexity index is 485. The number of carbonyl (C=O) groups is 2. The molecule has 0 unspecified atom stereocenters. The van der Waals surface area contributed by atoms with Crippen LogP contribution in [0.1, 0.15) is 10.4 Å². The van der Waals surface area contributed by atoms with E-state index in [9.17, 15) is 9.59 Å². The first-order valence-corrected chi connectivity index (χ1v) is 6.98. The Balaban J connectivity index is 1.61. The van der Waals surface area contributed by atoms with Crippen molar-refractivity contribution in [2.24, 2.45) is 0 Å². The van der Waals surface area contributed by atoms with Crippen LogP contribution in [0.15, 0.2) is 11.4 Å². The summed E-state index contributed by atoms with van der Waals surface area (Å²) in [4.78, 5) is 28.2. The molecule has 1 saturated heterocycles. The zero-order valence-corrected chi connectivity index (χ0v) is 10.8. The summed E-state index contributed by atoms with van der Waals surface area (Å²) in [7, 11) is 0. The molecule has 1 aromatic heterocycles. The minimum Gasteiger partial charge on any atom is -0.336 e. The average molecular weight is 265 g/mol. The highest BCUT2D eigenvalue weighted by Gasteiger charge is 2.28. The van der Waals surface area contributed by atoms with Gasteiger partial charge in [-0.25, -0.2) is 4.79 Å². The molecule has 0 saturated carbocycles. The average Bonchev–Trinajstić information content (AvgIpc) is 2.96. The molecule has 3 amide bonds. The molecule has 0 bridgehead atoms. The maximum absolute atomic E-state index is 12.0. The summed E-state index contributed by atoms with van der Waals surface area (Å²) >= 11 is 1.79. The maximum Gasteiger partial charge on any atom is 0.324 e. The third-order valence-corrected chi connectivity index (χ3v) is 4.43. The standard InChI is InChI=1S/C12H15N3O2S/c16-11(15-5-3-13-12(15)17)8-14-4-1-10-9(7-14)2-6-18-10/h2,6H,1,3-5,7-8H2,(H,13,17). The van der Waals surface area contributed by atoms with E-state index >= 15 is 0 Å². The van der Waals surface area contributed by atoms with Crippen LogP contribution in [-0.2, 0) is 17.8 Å². The zero-order chi connectivity index (χ0) is 12.5. The molecule has 5 nitrogen and oxygen atoms in total. The number of hydrogen-bond acceptors (Lipinski definition) is 4. The van der Waals surface area contributed by atoms with E-state index in [2.05, 4.69) is 21.7 Å². The number of carbonyl (C=O) groups excluding carboxylic acids is 2. The van der Waals surface area contributed by atoms with Crippen LogP contribution in [0, 0.1) is 0 Å². The first-order valence-electron chi connectivity index (χ1n) is 6.10. The second kappa shape index (κ2) is 4.70. The molecule has 3 heterocycles. The highest BCUT2D eigenvalue weighted by Crippen LogP contribution is 2.23. The van der Waals surface area contributed by atoms with Crippen LogP contribution in [0.5, 0.6) is 0 Å². The summed E-state index contributed by atoms with van der Waals surface area (Å²) in [6, 6.07) is 1.87. The van der Waals surface area contributed by atoms with Crippen LogP contribution in [-0.4, -0.2) is 47.9 Å². The van der Waals surface area contributed by atoms with Crippen LogP contribution >= 0.6 is 11.3 Å². The van der Waals surface area contributed by atoms with Crippen molar-refractivity contribution < 1.29 is 9.59 Å². The first-order chi connectivity index (χ1) is 8.74.